The molecule has 1 fully saturated rings. The molecule has 1 aromatic carbocycles. The Morgan fingerprint density at radius 1 is 1.33 bits per heavy atom. The molecule has 1 atom stereocenters. The van der Waals surface area contributed by atoms with E-state index in [2.05, 4.69) is 21.0 Å². The van der Waals surface area contributed by atoms with Crippen molar-refractivity contribution in [2.24, 2.45) is 0 Å². The molecule has 3 rings (SSSR count). The van der Waals surface area contributed by atoms with Gasteiger partial charge in [0.2, 0.25) is 0 Å². The zero-order chi connectivity index (χ0) is 15.2. The number of rotatable bonds is 1. The van der Waals surface area contributed by atoms with E-state index in [1.807, 2.05) is 0 Å². The van der Waals surface area contributed by atoms with E-state index in [-0.39, 0.29) is 21.6 Å². The molecule has 1 aliphatic rings. The lowest BCUT2D eigenvalue weighted by molar-refractivity contribution is -0.140. The molecular weight excluding hydrogens is 356 g/mol. The maximum atomic E-state index is 13.7. The fourth-order valence-electron chi connectivity index (χ4n) is 2.45. The Kier molecular flexibility index (Phi) is 3.69. The normalized spacial score (nSPS) is 20.1. The fourth-order valence-corrected chi connectivity index (χ4v) is 3.17. The Morgan fingerprint density at radius 3 is 2.71 bits per heavy atom. The molecule has 0 bridgehead atoms. The van der Waals surface area contributed by atoms with Crippen LogP contribution in [0.2, 0.25) is 0 Å². The van der Waals surface area contributed by atoms with E-state index >= 15 is 0 Å². The van der Waals surface area contributed by atoms with Gasteiger partial charge >= 0.3 is 6.18 Å². The maximum absolute atomic E-state index is 13.7. The van der Waals surface area contributed by atoms with E-state index in [1.165, 1.54) is 10.9 Å². The molecule has 1 aliphatic heterocycles. The van der Waals surface area contributed by atoms with Crippen molar-refractivity contribution in [1.82, 2.24) is 9.78 Å². The summed E-state index contributed by atoms with van der Waals surface area (Å²) >= 11 is 2.85. The third-order valence-electron chi connectivity index (χ3n) is 3.45. The summed E-state index contributed by atoms with van der Waals surface area (Å²) in [7, 11) is 0. The SMILES string of the molecule is Fc1cc2nn(C3CCCCO3)cc2c(Br)c1C(F)(F)F. The maximum Gasteiger partial charge on any atom is 0.420 e. The van der Waals surface area contributed by atoms with Crippen molar-refractivity contribution in [3.8, 4) is 0 Å². The van der Waals surface area contributed by atoms with Crippen molar-refractivity contribution in [3.63, 3.8) is 0 Å². The lowest BCUT2D eigenvalue weighted by atomic mass is 10.1. The highest BCUT2D eigenvalue weighted by Crippen LogP contribution is 2.40. The summed E-state index contributed by atoms with van der Waals surface area (Å²) in [5.74, 6) is -1.34. The number of hydrogen-bond donors (Lipinski definition) is 0. The van der Waals surface area contributed by atoms with Crippen LogP contribution in [0.4, 0.5) is 17.6 Å². The molecule has 0 spiro atoms. The molecule has 0 aliphatic carbocycles. The summed E-state index contributed by atoms with van der Waals surface area (Å²) in [6.45, 7) is 0.588. The van der Waals surface area contributed by atoms with E-state index in [1.54, 1.807) is 0 Å². The Morgan fingerprint density at radius 2 is 2.10 bits per heavy atom. The summed E-state index contributed by atoms with van der Waals surface area (Å²) < 4.78 is 59.0. The van der Waals surface area contributed by atoms with Crippen LogP contribution < -0.4 is 0 Å². The second-order valence-electron chi connectivity index (χ2n) is 4.91. The third kappa shape index (κ3) is 2.66. The number of alkyl halides is 3. The highest BCUT2D eigenvalue weighted by molar-refractivity contribution is 9.10. The van der Waals surface area contributed by atoms with Gasteiger partial charge in [-0.15, -0.1) is 0 Å². The molecule has 0 N–H and O–H groups in total. The molecule has 0 saturated carbocycles. The van der Waals surface area contributed by atoms with Gasteiger partial charge in [-0.05, 0) is 35.2 Å². The van der Waals surface area contributed by atoms with Crippen LogP contribution in [0.5, 0.6) is 0 Å². The van der Waals surface area contributed by atoms with Gasteiger partial charge in [-0.25, -0.2) is 9.07 Å². The van der Waals surface area contributed by atoms with E-state index in [0.717, 1.165) is 25.3 Å². The van der Waals surface area contributed by atoms with Gasteiger partial charge in [-0.1, -0.05) is 0 Å². The molecule has 8 heteroatoms. The van der Waals surface area contributed by atoms with Crippen LogP contribution in [0.25, 0.3) is 10.9 Å². The van der Waals surface area contributed by atoms with Gasteiger partial charge in [0.1, 0.15) is 17.6 Å². The summed E-state index contributed by atoms with van der Waals surface area (Å²) in [6, 6.07) is 0.808. The Balaban J connectivity index is 2.11. The standard InChI is InChI=1S/C13H11BrF4N2O/c14-12-7-6-20(10-3-1-2-4-21-10)19-9(7)5-8(15)11(12)13(16,17)18/h5-6,10H,1-4H2. The predicted octanol–water partition coefficient (Wildman–Crippen LogP) is 4.66. The largest absolute Gasteiger partial charge is 0.420 e. The molecule has 3 nitrogen and oxygen atoms in total. The van der Waals surface area contributed by atoms with Crippen LogP contribution in [0.1, 0.15) is 31.1 Å². The van der Waals surface area contributed by atoms with Crippen molar-refractivity contribution in [3.05, 3.63) is 28.1 Å². The van der Waals surface area contributed by atoms with Crippen LogP contribution in [0.15, 0.2) is 16.7 Å². The molecule has 21 heavy (non-hydrogen) atoms. The van der Waals surface area contributed by atoms with Gasteiger partial charge in [0.05, 0.1) is 5.52 Å². The Labute approximate surface area is 126 Å². The first-order valence-corrected chi connectivity index (χ1v) is 7.23. The van der Waals surface area contributed by atoms with Crippen LogP contribution in [-0.4, -0.2) is 16.4 Å². The number of ether oxygens (including phenoxy) is 1. The molecule has 1 aromatic heterocycles. The number of hydrogen-bond acceptors (Lipinski definition) is 2. The number of benzene rings is 1. The molecule has 114 valence electrons. The van der Waals surface area contributed by atoms with Gasteiger partial charge in [0.25, 0.3) is 0 Å². The average Bonchev–Trinajstić information content (AvgIpc) is 2.82. The summed E-state index contributed by atoms with van der Waals surface area (Å²) in [6.07, 6.45) is -0.960. The minimum atomic E-state index is -4.76. The zero-order valence-corrected chi connectivity index (χ0v) is 12.3. The second kappa shape index (κ2) is 5.24. The lowest BCUT2D eigenvalue weighted by Crippen LogP contribution is -2.18. The molecule has 0 amide bonds. The first-order chi connectivity index (χ1) is 9.88. The smallest absolute Gasteiger partial charge is 0.357 e. The van der Waals surface area contributed by atoms with Crippen molar-refractivity contribution < 1.29 is 22.3 Å². The molecule has 1 unspecified atom stereocenters. The monoisotopic (exact) mass is 366 g/mol. The molecule has 0 radical (unpaired) electrons. The first-order valence-electron chi connectivity index (χ1n) is 6.43. The topological polar surface area (TPSA) is 27.1 Å². The van der Waals surface area contributed by atoms with Crippen molar-refractivity contribution >= 4 is 26.8 Å². The summed E-state index contributed by atoms with van der Waals surface area (Å²) in [4.78, 5) is 0. The third-order valence-corrected chi connectivity index (χ3v) is 4.28. The molecule has 2 aromatic rings. The van der Waals surface area contributed by atoms with Crippen LogP contribution >= 0.6 is 15.9 Å². The van der Waals surface area contributed by atoms with Crippen molar-refractivity contribution in [2.45, 2.75) is 31.7 Å². The van der Waals surface area contributed by atoms with E-state index < -0.39 is 17.6 Å². The van der Waals surface area contributed by atoms with E-state index in [0.29, 0.717) is 6.61 Å². The quantitative estimate of drug-likeness (QED) is 0.686. The first kappa shape index (κ1) is 14.8. The number of fused-ring (bicyclic) bond motifs is 1. The highest BCUT2D eigenvalue weighted by Gasteiger charge is 2.38. The van der Waals surface area contributed by atoms with Gasteiger partial charge in [-0.3, -0.25) is 0 Å². The van der Waals surface area contributed by atoms with Crippen molar-refractivity contribution in [2.75, 3.05) is 6.61 Å². The molecule has 1 saturated heterocycles. The van der Waals surface area contributed by atoms with Crippen molar-refractivity contribution in [1.29, 1.82) is 0 Å². The van der Waals surface area contributed by atoms with Gasteiger partial charge in [0.15, 0.2) is 0 Å². The second-order valence-corrected chi connectivity index (χ2v) is 5.70. The van der Waals surface area contributed by atoms with Gasteiger partial charge in [-0.2, -0.15) is 18.3 Å². The number of nitrogens with zero attached hydrogens (tertiary/aromatic N) is 2. The highest BCUT2D eigenvalue weighted by atomic mass is 79.9. The minimum absolute atomic E-state index is 0.168. The lowest BCUT2D eigenvalue weighted by Gasteiger charge is -2.22. The molecule has 2 heterocycles. The minimum Gasteiger partial charge on any atom is -0.357 e. The zero-order valence-electron chi connectivity index (χ0n) is 10.8. The number of aromatic nitrogens is 2. The fraction of sp³-hybridized carbons (Fsp3) is 0.462. The van der Waals surface area contributed by atoms with E-state index in [4.69, 9.17) is 4.74 Å². The number of halogens is 5. The van der Waals surface area contributed by atoms with Crippen LogP contribution in [-0.2, 0) is 10.9 Å². The van der Waals surface area contributed by atoms with Gasteiger partial charge in [0, 0.05) is 28.7 Å². The van der Waals surface area contributed by atoms with Crippen LogP contribution in [0, 0.1) is 5.82 Å². The summed E-state index contributed by atoms with van der Waals surface area (Å²) in [5.41, 5.74) is -1.14. The average molecular weight is 367 g/mol. The Bertz CT molecular complexity index is 677. The predicted molar refractivity (Wildman–Crippen MR) is 71.2 cm³/mol. The van der Waals surface area contributed by atoms with Crippen LogP contribution in [0.3, 0.4) is 0 Å². The summed E-state index contributed by atoms with van der Waals surface area (Å²) in [5, 5.41) is 4.36. The Hall–Kier alpha value is -1.15. The van der Waals surface area contributed by atoms with E-state index in [9.17, 15) is 17.6 Å². The van der Waals surface area contributed by atoms with Gasteiger partial charge < -0.3 is 4.74 Å². The molecular formula is C13H11BrF4N2O.